The van der Waals surface area contributed by atoms with Gasteiger partial charge in [0, 0.05) is 32.1 Å². The van der Waals surface area contributed by atoms with Crippen LogP contribution in [-0.4, -0.2) is 53.4 Å². The normalized spacial score (nSPS) is 22.3. The van der Waals surface area contributed by atoms with Crippen LogP contribution in [0.4, 0.5) is 0 Å². The molecule has 5 rings (SSSR count). The van der Waals surface area contributed by atoms with Crippen molar-refractivity contribution in [3.8, 4) is 0 Å². The molecule has 458 valence electrons. The lowest BCUT2D eigenvalue weighted by Crippen LogP contribution is -2.23. The van der Waals surface area contributed by atoms with E-state index in [1.54, 1.807) is 0 Å². The Hall–Kier alpha value is -2.58. The van der Waals surface area contributed by atoms with Crippen molar-refractivity contribution >= 4 is 23.9 Å². The summed E-state index contributed by atoms with van der Waals surface area (Å²) >= 11 is 0. The summed E-state index contributed by atoms with van der Waals surface area (Å²) in [7, 11) is 0. The van der Waals surface area contributed by atoms with Gasteiger partial charge in [-0.25, -0.2) is 0 Å². The predicted octanol–water partition coefficient (Wildman–Crippen LogP) is 21.3. The van der Waals surface area contributed by atoms with E-state index in [0.29, 0.717) is 31.8 Å². The number of carbonyl (C=O) groups excluding carboxylic acids is 4. The molecule has 78 heavy (non-hydrogen) atoms. The highest BCUT2D eigenvalue weighted by Gasteiger charge is 2.36. The number of hydrogen-bond donors (Lipinski definition) is 0. The van der Waals surface area contributed by atoms with Gasteiger partial charge in [0.1, 0.15) is 23.4 Å². The highest BCUT2D eigenvalue weighted by molar-refractivity contribution is 5.72. The predicted molar refractivity (Wildman–Crippen MR) is 327 cm³/mol. The molecule has 5 atom stereocenters. The Morgan fingerprint density at radius 1 is 0.346 bits per heavy atom. The molecule has 9 nitrogen and oxygen atoms in total. The Bertz CT molecular complexity index is 1460. The van der Waals surface area contributed by atoms with Crippen LogP contribution < -0.4 is 0 Å². The monoisotopic (exact) mass is 1100 g/mol. The van der Waals surface area contributed by atoms with Crippen molar-refractivity contribution in [3.63, 3.8) is 0 Å². The van der Waals surface area contributed by atoms with Crippen LogP contribution in [-0.2, 0) is 42.9 Å². The number of unbranched alkanes of at least 4 members (excludes halogenated alkanes) is 30. The second-order valence-electron chi connectivity index (χ2n) is 24.8. The molecule has 0 aromatic rings. The van der Waals surface area contributed by atoms with E-state index >= 15 is 0 Å². The Morgan fingerprint density at radius 3 is 0.949 bits per heavy atom. The molecule has 9 heteroatoms. The summed E-state index contributed by atoms with van der Waals surface area (Å²) < 4.78 is 26.8. The Morgan fingerprint density at radius 2 is 0.641 bits per heavy atom. The van der Waals surface area contributed by atoms with Crippen LogP contribution in [0.15, 0.2) is 12.3 Å². The molecule has 0 aromatic carbocycles. The van der Waals surface area contributed by atoms with Crippen molar-refractivity contribution in [1.29, 1.82) is 0 Å². The van der Waals surface area contributed by atoms with Crippen molar-refractivity contribution in [2.75, 3.05) is 0 Å². The van der Waals surface area contributed by atoms with Crippen LogP contribution in [0.2, 0.25) is 0 Å². The standard InChI is InChI=1S/C15H28O2.C15H28O.2C14H26O2.C11H20O2/c1-2-3-4-5-6-7-8-9-10-11-14-12-13-15(16)17-14;1-3-4-5-6-7-8-9-10-11-15-13-12-14(2)16-15;1-3-4-5-6-7-8-9-11-14(2)12-10-13(15)16-14;1-2-3-4-5-6-7-8-10-13-11-9-12-14(15)16-13;1-3-4-5-6-8-11(2)9-7-10(12)13-11/h14H,2-13H2,1H3;15H,2-13H2,1H3;3-12H2,1-2H3;13H,2-12H2,1H3;3-9H2,1-2H3. The molecule has 0 bridgehead atoms. The largest absolute Gasteiger partial charge is 0.495 e. The third kappa shape index (κ3) is 43.2. The fraction of sp³-hybridized carbons (Fsp3) is 0.913. The maximum atomic E-state index is 11.1. The van der Waals surface area contributed by atoms with Crippen molar-refractivity contribution < 1.29 is 42.9 Å². The number of rotatable bonds is 40. The van der Waals surface area contributed by atoms with E-state index in [4.69, 9.17) is 23.7 Å². The molecule has 5 heterocycles. The number of carbonyl (C=O) groups is 4. The summed E-state index contributed by atoms with van der Waals surface area (Å²) in [4.78, 5) is 43.9. The molecular weight excluding hydrogens is 973 g/mol. The summed E-state index contributed by atoms with van der Waals surface area (Å²) in [5.74, 6) is 0.998. The lowest BCUT2D eigenvalue weighted by molar-refractivity contribution is -0.154. The third-order valence-corrected chi connectivity index (χ3v) is 16.7. The second kappa shape index (κ2) is 50.2. The van der Waals surface area contributed by atoms with E-state index in [9.17, 15) is 19.2 Å². The number of esters is 4. The van der Waals surface area contributed by atoms with Crippen LogP contribution >= 0.6 is 0 Å². The summed E-state index contributed by atoms with van der Waals surface area (Å²) in [5, 5.41) is 0. The molecule has 5 fully saturated rings. The van der Waals surface area contributed by atoms with Gasteiger partial charge < -0.3 is 23.7 Å². The number of ether oxygens (including phenoxy) is 5. The number of cyclic esters (lactones) is 4. The fourth-order valence-electron chi connectivity index (χ4n) is 11.4. The van der Waals surface area contributed by atoms with E-state index < -0.39 is 0 Å². The van der Waals surface area contributed by atoms with Crippen molar-refractivity contribution in [2.24, 2.45) is 0 Å². The van der Waals surface area contributed by atoms with Gasteiger partial charge in [-0.1, -0.05) is 234 Å². The Labute approximate surface area is 482 Å². The highest BCUT2D eigenvalue weighted by Crippen LogP contribution is 2.33. The van der Waals surface area contributed by atoms with E-state index in [0.717, 1.165) is 70.0 Å². The molecular formula is C69H128O9. The lowest BCUT2D eigenvalue weighted by Gasteiger charge is -2.22. The number of hydrogen-bond acceptors (Lipinski definition) is 9. The van der Waals surface area contributed by atoms with Crippen molar-refractivity contribution in [1.82, 2.24) is 0 Å². The van der Waals surface area contributed by atoms with Crippen LogP contribution in [0, 0.1) is 0 Å². The average molecular weight is 1100 g/mol. The van der Waals surface area contributed by atoms with E-state index in [-0.39, 0.29) is 47.3 Å². The maximum absolute atomic E-state index is 11.1. The van der Waals surface area contributed by atoms with Crippen LogP contribution in [0.25, 0.3) is 0 Å². The van der Waals surface area contributed by atoms with E-state index in [1.807, 2.05) is 0 Å². The van der Waals surface area contributed by atoms with Gasteiger partial charge in [0.15, 0.2) is 0 Å². The first kappa shape index (κ1) is 73.4. The minimum atomic E-state index is -0.138. The zero-order valence-electron chi connectivity index (χ0n) is 52.7. The van der Waals surface area contributed by atoms with Crippen LogP contribution in [0.1, 0.15) is 376 Å². The van der Waals surface area contributed by atoms with Gasteiger partial charge in [-0.3, -0.25) is 19.2 Å². The van der Waals surface area contributed by atoms with Crippen molar-refractivity contribution in [3.05, 3.63) is 12.3 Å². The quantitative estimate of drug-likeness (QED) is 0.0336. The van der Waals surface area contributed by atoms with Gasteiger partial charge in [-0.2, -0.15) is 0 Å². The summed E-state index contributed by atoms with van der Waals surface area (Å²) in [5.41, 5.74) is -0.272. The molecule has 0 spiro atoms. The van der Waals surface area contributed by atoms with Gasteiger partial charge in [-0.15, -0.1) is 0 Å². The minimum absolute atomic E-state index is 0.00549. The first-order valence-electron chi connectivity index (χ1n) is 34.0. The van der Waals surface area contributed by atoms with Crippen LogP contribution in [0.3, 0.4) is 0 Å². The molecule has 0 aromatic heterocycles. The maximum Gasteiger partial charge on any atom is 0.306 e. The molecule has 0 saturated carbocycles. The third-order valence-electron chi connectivity index (χ3n) is 16.7. The van der Waals surface area contributed by atoms with Gasteiger partial charge in [-0.05, 0) is 117 Å². The molecule has 0 radical (unpaired) electrons. The van der Waals surface area contributed by atoms with Crippen LogP contribution in [0.5, 0.6) is 0 Å². The van der Waals surface area contributed by atoms with Crippen molar-refractivity contribution in [2.45, 2.75) is 405 Å². The number of allylic oxidation sites excluding steroid dienone is 1. The topological polar surface area (TPSA) is 114 Å². The van der Waals surface area contributed by atoms with E-state index in [2.05, 4.69) is 55.0 Å². The minimum Gasteiger partial charge on any atom is -0.495 e. The average Bonchev–Trinajstić information content (AvgIpc) is 4.22. The van der Waals surface area contributed by atoms with Gasteiger partial charge in [0.2, 0.25) is 0 Å². The Kier molecular flexibility index (Phi) is 47.2. The molecule has 5 saturated heterocycles. The zero-order valence-corrected chi connectivity index (χ0v) is 52.7. The SMILES string of the molecule is C=C1CCC(CCCCCCCCCC)O1.CCCCCCC1(C)CCC(=O)O1.CCCCCCCCCC1(C)CCC(=O)O1.CCCCCCCCCC1CCCC(=O)O1.CCCCCCCCCCCC1CCC(=O)O1. The zero-order chi connectivity index (χ0) is 57.2. The molecule has 5 aliphatic rings. The first-order valence-corrected chi connectivity index (χ1v) is 34.0. The summed E-state index contributed by atoms with van der Waals surface area (Å²) in [6, 6.07) is 0. The second-order valence-corrected chi connectivity index (χ2v) is 24.8. The highest BCUT2D eigenvalue weighted by atomic mass is 16.6. The fourth-order valence-corrected chi connectivity index (χ4v) is 11.4. The van der Waals surface area contributed by atoms with E-state index in [1.165, 1.54) is 238 Å². The van der Waals surface area contributed by atoms with Gasteiger partial charge in [0.25, 0.3) is 0 Å². The molecule has 0 amide bonds. The lowest BCUT2D eigenvalue weighted by atomic mass is 9.95. The molecule has 5 aliphatic heterocycles. The molecule has 0 aliphatic carbocycles. The van der Waals surface area contributed by atoms with Gasteiger partial charge >= 0.3 is 23.9 Å². The first-order chi connectivity index (χ1) is 37.8. The smallest absolute Gasteiger partial charge is 0.306 e. The Balaban J connectivity index is 0.000000489. The van der Waals surface area contributed by atoms with Gasteiger partial charge in [0.05, 0.1) is 11.9 Å². The summed E-state index contributed by atoms with van der Waals surface area (Å²) in [6.45, 7) is 19.2. The summed E-state index contributed by atoms with van der Waals surface area (Å²) in [6.07, 6.45) is 63.2. The molecule has 5 unspecified atom stereocenters. The molecule has 0 N–H and O–H groups in total.